The summed E-state index contributed by atoms with van der Waals surface area (Å²) in [6.45, 7) is 0. The largest absolute Gasteiger partial charge is 0.398 e. The molecule has 12 heavy (non-hydrogen) atoms. The summed E-state index contributed by atoms with van der Waals surface area (Å²) in [4.78, 5) is 13.9. The lowest BCUT2D eigenvalue weighted by molar-refractivity contribution is -0.128. The van der Waals surface area contributed by atoms with Gasteiger partial charge in [0.05, 0.1) is 6.20 Å². The molecular formula is C8H4FNO2. The Kier molecular flexibility index (Phi) is 2.38. The average molecular weight is 165 g/mol. The van der Waals surface area contributed by atoms with E-state index in [0.717, 1.165) is 12.3 Å². The second kappa shape index (κ2) is 3.49. The summed E-state index contributed by atoms with van der Waals surface area (Å²) in [7, 11) is 0. The maximum absolute atomic E-state index is 12.3. The number of carbonyl (C=O) groups is 1. The molecule has 0 spiro atoms. The van der Waals surface area contributed by atoms with E-state index in [1.807, 2.05) is 0 Å². The van der Waals surface area contributed by atoms with E-state index in [2.05, 4.69) is 9.72 Å². The minimum Gasteiger partial charge on any atom is -0.398 e. The lowest BCUT2D eigenvalue weighted by Crippen LogP contribution is -2.04. The molecule has 0 N–H and O–H groups in total. The summed E-state index contributed by atoms with van der Waals surface area (Å²) in [6, 6.07) is 2.33. The molecule has 60 valence electrons. The summed E-state index contributed by atoms with van der Waals surface area (Å²) < 4.78 is 16.7. The van der Waals surface area contributed by atoms with Gasteiger partial charge in [-0.1, -0.05) is 0 Å². The highest BCUT2D eigenvalue weighted by Gasteiger charge is 2.00. The zero-order valence-corrected chi connectivity index (χ0v) is 5.95. The molecule has 0 amide bonds. The zero-order chi connectivity index (χ0) is 8.97. The van der Waals surface area contributed by atoms with Gasteiger partial charge in [0.25, 0.3) is 0 Å². The van der Waals surface area contributed by atoms with E-state index in [-0.39, 0.29) is 5.88 Å². The average Bonchev–Trinajstić information content (AvgIpc) is 2.09. The van der Waals surface area contributed by atoms with Crippen molar-refractivity contribution >= 4 is 5.97 Å². The summed E-state index contributed by atoms with van der Waals surface area (Å²) in [6.07, 6.45) is 5.65. The van der Waals surface area contributed by atoms with Crippen LogP contribution in [-0.2, 0) is 4.79 Å². The van der Waals surface area contributed by atoms with E-state index >= 15 is 0 Å². The molecule has 0 saturated carbocycles. The van der Waals surface area contributed by atoms with Crippen LogP contribution in [0.5, 0.6) is 5.88 Å². The molecule has 4 heteroatoms. The van der Waals surface area contributed by atoms with Gasteiger partial charge in [-0.15, -0.1) is 6.42 Å². The number of terminal acetylenes is 1. The minimum absolute atomic E-state index is 0.0145. The van der Waals surface area contributed by atoms with Crippen LogP contribution in [0.3, 0.4) is 0 Å². The van der Waals surface area contributed by atoms with Gasteiger partial charge in [0.2, 0.25) is 5.88 Å². The van der Waals surface area contributed by atoms with Gasteiger partial charge in [-0.05, 0) is 6.07 Å². The molecule has 1 rings (SSSR count). The molecular weight excluding hydrogens is 161 g/mol. The molecule has 0 aliphatic carbocycles. The Bertz CT molecular complexity index is 326. The minimum atomic E-state index is -0.853. The van der Waals surface area contributed by atoms with Crippen molar-refractivity contribution in [3.63, 3.8) is 0 Å². The van der Waals surface area contributed by atoms with E-state index in [9.17, 15) is 9.18 Å². The van der Waals surface area contributed by atoms with Crippen LogP contribution in [0.2, 0.25) is 0 Å². The first-order chi connectivity index (χ1) is 5.72. The number of pyridine rings is 1. The van der Waals surface area contributed by atoms with E-state index in [1.165, 1.54) is 6.07 Å². The van der Waals surface area contributed by atoms with E-state index in [0.29, 0.717) is 0 Å². The summed E-state index contributed by atoms with van der Waals surface area (Å²) in [5.74, 6) is 0.362. The topological polar surface area (TPSA) is 39.2 Å². The van der Waals surface area contributed by atoms with Crippen LogP contribution < -0.4 is 4.74 Å². The number of halogens is 1. The highest BCUT2D eigenvalue weighted by atomic mass is 19.1. The number of nitrogens with zero attached hydrogens (tertiary/aromatic N) is 1. The van der Waals surface area contributed by atoms with Gasteiger partial charge in [0.1, 0.15) is 5.82 Å². The smallest absolute Gasteiger partial charge is 0.390 e. The fraction of sp³-hybridized carbons (Fsp3) is 0. The molecule has 0 atom stereocenters. The molecule has 0 radical (unpaired) electrons. The van der Waals surface area contributed by atoms with E-state index in [4.69, 9.17) is 6.42 Å². The fourth-order valence-corrected chi connectivity index (χ4v) is 0.547. The van der Waals surface area contributed by atoms with Crippen molar-refractivity contribution in [1.29, 1.82) is 0 Å². The molecule has 0 fully saturated rings. The molecule has 0 unspecified atom stereocenters. The van der Waals surface area contributed by atoms with Gasteiger partial charge < -0.3 is 4.74 Å². The summed E-state index contributed by atoms with van der Waals surface area (Å²) in [5, 5.41) is 0. The molecule has 0 bridgehead atoms. The first-order valence-corrected chi connectivity index (χ1v) is 3.02. The first-order valence-electron chi connectivity index (χ1n) is 3.02. The number of aromatic nitrogens is 1. The SMILES string of the molecule is C#CC(=O)Oc1ccc(F)cn1. The van der Waals surface area contributed by atoms with Gasteiger partial charge in [-0.2, -0.15) is 0 Å². The third-order valence-electron chi connectivity index (χ3n) is 1.02. The van der Waals surface area contributed by atoms with Gasteiger partial charge >= 0.3 is 5.97 Å². The highest BCUT2D eigenvalue weighted by Crippen LogP contribution is 2.05. The van der Waals surface area contributed by atoms with Crippen LogP contribution in [-0.4, -0.2) is 11.0 Å². The number of carbonyl (C=O) groups excluding carboxylic acids is 1. The second-order valence-electron chi connectivity index (χ2n) is 1.85. The maximum Gasteiger partial charge on any atom is 0.390 e. The Morgan fingerprint density at radius 2 is 2.42 bits per heavy atom. The fourth-order valence-electron chi connectivity index (χ4n) is 0.547. The van der Waals surface area contributed by atoms with E-state index in [1.54, 1.807) is 5.92 Å². The van der Waals surface area contributed by atoms with Crippen molar-refractivity contribution in [3.8, 4) is 18.2 Å². The standard InChI is InChI=1S/C8H4FNO2/c1-2-8(11)12-7-4-3-6(9)5-10-7/h1,3-5H. The molecule has 0 aromatic carbocycles. The quantitative estimate of drug-likeness (QED) is 0.350. The zero-order valence-electron chi connectivity index (χ0n) is 5.95. The van der Waals surface area contributed by atoms with Crippen LogP contribution in [0.15, 0.2) is 18.3 Å². The number of esters is 1. The lowest BCUT2D eigenvalue weighted by atomic mass is 10.5. The second-order valence-corrected chi connectivity index (χ2v) is 1.85. The van der Waals surface area contributed by atoms with Gasteiger partial charge in [-0.3, -0.25) is 0 Å². The molecule has 1 aromatic heterocycles. The van der Waals surface area contributed by atoms with Crippen molar-refractivity contribution in [2.75, 3.05) is 0 Å². The molecule has 1 aromatic rings. The molecule has 0 saturated heterocycles. The predicted molar refractivity (Wildman–Crippen MR) is 38.7 cm³/mol. The molecule has 3 nitrogen and oxygen atoms in total. The Hall–Kier alpha value is -1.89. The molecule has 0 aliphatic heterocycles. The monoisotopic (exact) mass is 165 g/mol. The Labute approximate surface area is 68.2 Å². The maximum atomic E-state index is 12.3. The third kappa shape index (κ3) is 2.06. The number of ether oxygens (including phenoxy) is 1. The van der Waals surface area contributed by atoms with Crippen molar-refractivity contribution < 1.29 is 13.9 Å². The third-order valence-corrected chi connectivity index (χ3v) is 1.02. The van der Waals surface area contributed by atoms with Crippen molar-refractivity contribution in [2.45, 2.75) is 0 Å². The Morgan fingerprint density at radius 3 is 2.92 bits per heavy atom. The number of hydrogen-bond acceptors (Lipinski definition) is 3. The lowest BCUT2D eigenvalue weighted by Gasteiger charge is -1.96. The van der Waals surface area contributed by atoms with Crippen LogP contribution in [0.4, 0.5) is 4.39 Å². The van der Waals surface area contributed by atoms with Crippen molar-refractivity contribution in [2.24, 2.45) is 0 Å². The van der Waals surface area contributed by atoms with Crippen LogP contribution in [0, 0.1) is 18.2 Å². The first kappa shape index (κ1) is 8.21. The Balaban J connectivity index is 2.73. The predicted octanol–water partition coefficient (Wildman–Crippen LogP) is 0.759. The number of hydrogen-bond donors (Lipinski definition) is 0. The summed E-state index contributed by atoms with van der Waals surface area (Å²) >= 11 is 0. The van der Waals surface area contributed by atoms with Crippen LogP contribution >= 0.6 is 0 Å². The Morgan fingerprint density at radius 1 is 1.67 bits per heavy atom. The molecule has 0 aliphatic rings. The van der Waals surface area contributed by atoms with Gasteiger partial charge in [0.15, 0.2) is 0 Å². The number of rotatable bonds is 1. The van der Waals surface area contributed by atoms with Crippen molar-refractivity contribution in [3.05, 3.63) is 24.1 Å². The normalized spacial score (nSPS) is 8.67. The molecule has 1 heterocycles. The van der Waals surface area contributed by atoms with Crippen LogP contribution in [0.25, 0.3) is 0 Å². The summed E-state index contributed by atoms with van der Waals surface area (Å²) in [5.41, 5.74) is 0. The van der Waals surface area contributed by atoms with Gasteiger partial charge in [-0.25, -0.2) is 14.2 Å². The van der Waals surface area contributed by atoms with Crippen molar-refractivity contribution in [1.82, 2.24) is 4.98 Å². The highest BCUT2D eigenvalue weighted by molar-refractivity contribution is 5.89. The van der Waals surface area contributed by atoms with Crippen LogP contribution in [0.1, 0.15) is 0 Å². The van der Waals surface area contributed by atoms with E-state index < -0.39 is 11.8 Å². The van der Waals surface area contributed by atoms with Gasteiger partial charge in [0, 0.05) is 12.0 Å².